The Balaban J connectivity index is 1.49. The lowest BCUT2D eigenvalue weighted by atomic mass is 10.1. The summed E-state index contributed by atoms with van der Waals surface area (Å²) in [5.74, 6) is 0.590. The van der Waals surface area contributed by atoms with Crippen LogP contribution in [0.1, 0.15) is 21.5 Å². The van der Waals surface area contributed by atoms with Crippen LogP contribution in [0.25, 0.3) is 11.0 Å². The van der Waals surface area contributed by atoms with Crippen molar-refractivity contribution in [2.75, 3.05) is 7.11 Å². The van der Waals surface area contributed by atoms with Crippen molar-refractivity contribution >= 4 is 16.9 Å². The summed E-state index contributed by atoms with van der Waals surface area (Å²) in [7, 11) is 1.62. The molecule has 0 atom stereocenters. The Bertz CT molecular complexity index is 1110. The van der Waals surface area contributed by atoms with Crippen molar-refractivity contribution in [2.24, 2.45) is 0 Å². The number of methoxy groups -OCH3 is 1. The fraction of sp³-hybridized carbons (Fsp3) is 0.136. The molecule has 6 nitrogen and oxygen atoms in total. The van der Waals surface area contributed by atoms with Crippen molar-refractivity contribution in [2.45, 2.75) is 13.1 Å². The molecule has 140 valence electrons. The van der Waals surface area contributed by atoms with Crippen molar-refractivity contribution in [3.05, 3.63) is 89.5 Å². The number of ether oxygens (including phenoxy) is 1. The van der Waals surface area contributed by atoms with Gasteiger partial charge in [0.2, 0.25) is 0 Å². The van der Waals surface area contributed by atoms with Gasteiger partial charge in [0.25, 0.3) is 5.91 Å². The second-order valence-corrected chi connectivity index (χ2v) is 6.43. The van der Waals surface area contributed by atoms with Gasteiger partial charge in [-0.15, -0.1) is 5.10 Å². The smallest absolute Gasteiger partial charge is 0.251 e. The lowest BCUT2D eigenvalue weighted by Gasteiger charge is -2.09. The summed E-state index contributed by atoms with van der Waals surface area (Å²) in [6.07, 6.45) is 0. The number of rotatable bonds is 6. The number of aromatic nitrogens is 3. The molecule has 0 fully saturated rings. The quantitative estimate of drug-likeness (QED) is 0.563. The van der Waals surface area contributed by atoms with Crippen molar-refractivity contribution in [1.29, 1.82) is 0 Å². The minimum atomic E-state index is -0.162. The highest BCUT2D eigenvalue weighted by atomic mass is 16.5. The third-order valence-corrected chi connectivity index (χ3v) is 4.58. The molecule has 0 aliphatic rings. The summed E-state index contributed by atoms with van der Waals surface area (Å²) in [5.41, 5.74) is 4.21. The van der Waals surface area contributed by atoms with E-state index in [1.165, 1.54) is 0 Å². The third kappa shape index (κ3) is 3.71. The van der Waals surface area contributed by atoms with Gasteiger partial charge in [0.15, 0.2) is 0 Å². The zero-order chi connectivity index (χ0) is 19.3. The van der Waals surface area contributed by atoms with Crippen LogP contribution in [0.5, 0.6) is 5.75 Å². The Morgan fingerprint density at radius 3 is 2.64 bits per heavy atom. The molecule has 1 aromatic heterocycles. The van der Waals surface area contributed by atoms with Gasteiger partial charge in [-0.25, -0.2) is 4.68 Å². The number of amides is 1. The molecule has 0 radical (unpaired) electrons. The molecule has 0 saturated heterocycles. The van der Waals surface area contributed by atoms with Gasteiger partial charge >= 0.3 is 0 Å². The highest BCUT2D eigenvalue weighted by Gasteiger charge is 2.11. The molecule has 0 aliphatic heterocycles. The van der Waals surface area contributed by atoms with Crippen LogP contribution < -0.4 is 10.1 Å². The van der Waals surface area contributed by atoms with Crippen LogP contribution in [0.2, 0.25) is 0 Å². The van der Waals surface area contributed by atoms with E-state index in [0.717, 1.165) is 22.4 Å². The molecule has 4 rings (SSSR count). The van der Waals surface area contributed by atoms with Crippen molar-refractivity contribution < 1.29 is 9.53 Å². The fourth-order valence-electron chi connectivity index (χ4n) is 3.11. The Morgan fingerprint density at radius 1 is 1.04 bits per heavy atom. The minimum absolute atomic E-state index is 0.162. The molecular weight excluding hydrogens is 352 g/mol. The van der Waals surface area contributed by atoms with Crippen LogP contribution >= 0.6 is 0 Å². The summed E-state index contributed by atoms with van der Waals surface area (Å²) < 4.78 is 7.15. The first-order valence-corrected chi connectivity index (χ1v) is 9.02. The first kappa shape index (κ1) is 17.7. The van der Waals surface area contributed by atoms with E-state index in [-0.39, 0.29) is 5.91 Å². The average molecular weight is 372 g/mol. The molecule has 28 heavy (non-hydrogen) atoms. The fourth-order valence-corrected chi connectivity index (χ4v) is 3.11. The van der Waals surface area contributed by atoms with Crippen LogP contribution in [0, 0.1) is 0 Å². The van der Waals surface area contributed by atoms with Gasteiger partial charge in [0.1, 0.15) is 11.3 Å². The van der Waals surface area contributed by atoms with Gasteiger partial charge in [-0.05, 0) is 29.8 Å². The molecule has 6 heteroatoms. The summed E-state index contributed by atoms with van der Waals surface area (Å²) in [6.45, 7) is 1.03. The van der Waals surface area contributed by atoms with Crippen LogP contribution in [-0.4, -0.2) is 28.0 Å². The SMILES string of the molecule is COc1ccccc1CNC(=O)c1ccc2c(c1)nnn2Cc1ccccc1. The molecule has 0 bridgehead atoms. The maximum Gasteiger partial charge on any atom is 0.251 e. The van der Waals surface area contributed by atoms with Gasteiger partial charge in [-0.2, -0.15) is 0 Å². The summed E-state index contributed by atoms with van der Waals surface area (Å²) in [5, 5.41) is 11.4. The summed E-state index contributed by atoms with van der Waals surface area (Å²) in [6, 6.07) is 23.1. The zero-order valence-electron chi connectivity index (χ0n) is 15.5. The van der Waals surface area contributed by atoms with E-state index in [4.69, 9.17) is 4.74 Å². The normalized spacial score (nSPS) is 10.8. The number of nitrogens with one attached hydrogen (secondary N) is 1. The third-order valence-electron chi connectivity index (χ3n) is 4.58. The number of carbonyl (C=O) groups excluding carboxylic acids is 1. The first-order valence-electron chi connectivity index (χ1n) is 9.02. The Labute approximate surface area is 162 Å². The van der Waals surface area contributed by atoms with E-state index >= 15 is 0 Å². The maximum absolute atomic E-state index is 12.6. The monoisotopic (exact) mass is 372 g/mol. The van der Waals surface area contributed by atoms with E-state index in [2.05, 4.69) is 15.6 Å². The standard InChI is InChI=1S/C22H20N4O2/c1-28-21-10-6-5-9-18(21)14-23-22(27)17-11-12-20-19(13-17)24-25-26(20)15-16-7-3-2-4-8-16/h2-13H,14-15H2,1H3,(H,23,27). The molecule has 1 N–H and O–H groups in total. The molecule has 0 aliphatic carbocycles. The zero-order valence-corrected chi connectivity index (χ0v) is 15.5. The molecule has 4 aromatic rings. The molecule has 1 amide bonds. The summed E-state index contributed by atoms with van der Waals surface area (Å²) in [4.78, 5) is 12.6. The Kier molecular flexibility index (Phi) is 5.01. The Morgan fingerprint density at radius 2 is 1.82 bits per heavy atom. The second-order valence-electron chi connectivity index (χ2n) is 6.43. The van der Waals surface area contributed by atoms with Gasteiger partial charge in [-0.3, -0.25) is 4.79 Å². The van der Waals surface area contributed by atoms with E-state index < -0.39 is 0 Å². The largest absolute Gasteiger partial charge is 0.496 e. The lowest BCUT2D eigenvalue weighted by molar-refractivity contribution is 0.0951. The van der Waals surface area contributed by atoms with Crippen molar-refractivity contribution in [3.63, 3.8) is 0 Å². The van der Waals surface area contributed by atoms with Crippen LogP contribution in [0.4, 0.5) is 0 Å². The number of para-hydroxylation sites is 1. The first-order chi connectivity index (χ1) is 13.7. The number of nitrogens with zero attached hydrogens (tertiary/aromatic N) is 3. The van der Waals surface area contributed by atoms with E-state index in [1.54, 1.807) is 19.2 Å². The molecular formula is C22H20N4O2. The number of fused-ring (bicyclic) bond motifs is 1. The van der Waals surface area contributed by atoms with Crippen molar-refractivity contribution in [3.8, 4) is 5.75 Å². The van der Waals surface area contributed by atoms with E-state index in [0.29, 0.717) is 24.2 Å². The van der Waals surface area contributed by atoms with Crippen LogP contribution in [0.15, 0.2) is 72.8 Å². The van der Waals surface area contributed by atoms with Crippen LogP contribution in [0.3, 0.4) is 0 Å². The average Bonchev–Trinajstić information content (AvgIpc) is 3.15. The van der Waals surface area contributed by atoms with Gasteiger partial charge in [-0.1, -0.05) is 53.7 Å². The number of benzene rings is 3. The highest BCUT2D eigenvalue weighted by Crippen LogP contribution is 2.18. The molecule has 0 unspecified atom stereocenters. The number of hydrogen-bond acceptors (Lipinski definition) is 4. The predicted molar refractivity (Wildman–Crippen MR) is 107 cm³/mol. The molecule has 1 heterocycles. The van der Waals surface area contributed by atoms with E-state index in [1.807, 2.05) is 65.3 Å². The number of hydrogen-bond donors (Lipinski definition) is 1. The lowest BCUT2D eigenvalue weighted by Crippen LogP contribution is -2.23. The van der Waals surface area contributed by atoms with Crippen molar-refractivity contribution in [1.82, 2.24) is 20.3 Å². The van der Waals surface area contributed by atoms with Gasteiger partial charge in [0.05, 0.1) is 19.2 Å². The van der Waals surface area contributed by atoms with E-state index in [9.17, 15) is 4.79 Å². The maximum atomic E-state index is 12.6. The predicted octanol–water partition coefficient (Wildman–Crippen LogP) is 3.42. The Hall–Kier alpha value is -3.67. The summed E-state index contributed by atoms with van der Waals surface area (Å²) >= 11 is 0. The topological polar surface area (TPSA) is 69.0 Å². The van der Waals surface area contributed by atoms with Gasteiger partial charge in [0, 0.05) is 17.7 Å². The second kappa shape index (κ2) is 7.92. The van der Waals surface area contributed by atoms with Crippen LogP contribution in [-0.2, 0) is 13.1 Å². The molecule has 0 saturated carbocycles. The number of carbonyl (C=O) groups is 1. The minimum Gasteiger partial charge on any atom is -0.496 e. The highest BCUT2D eigenvalue weighted by molar-refractivity contribution is 5.97. The van der Waals surface area contributed by atoms with Gasteiger partial charge < -0.3 is 10.1 Å². The molecule has 0 spiro atoms. The molecule has 3 aromatic carbocycles.